The Hall–Kier alpha value is -1.34. The first-order valence-electron chi connectivity index (χ1n) is 6.71. The molecule has 20 heavy (non-hydrogen) atoms. The van der Waals surface area contributed by atoms with Crippen molar-refractivity contribution in [1.82, 2.24) is 8.87 Å². The average Bonchev–Trinajstić information content (AvgIpc) is 2.84. The Bertz CT molecular complexity index is 573. The van der Waals surface area contributed by atoms with Crippen molar-refractivity contribution < 1.29 is 18.3 Å². The summed E-state index contributed by atoms with van der Waals surface area (Å²) in [6.07, 6.45) is 2.82. The van der Waals surface area contributed by atoms with E-state index in [1.54, 1.807) is 6.92 Å². The van der Waals surface area contributed by atoms with E-state index in [-0.39, 0.29) is 16.6 Å². The first-order valence-corrected chi connectivity index (χ1v) is 8.15. The number of aryl methyl sites for hydroxylation is 1. The number of hydrogen-bond donors (Lipinski definition) is 1. The van der Waals surface area contributed by atoms with Gasteiger partial charge in [0.15, 0.2) is 0 Å². The molecule has 6 nitrogen and oxygen atoms in total. The van der Waals surface area contributed by atoms with Crippen LogP contribution in [-0.2, 0) is 16.6 Å². The third-order valence-electron chi connectivity index (χ3n) is 3.56. The van der Waals surface area contributed by atoms with E-state index in [0.717, 1.165) is 0 Å². The third-order valence-corrected chi connectivity index (χ3v) is 5.44. The fraction of sp³-hybridized carbons (Fsp3) is 0.615. The van der Waals surface area contributed by atoms with Crippen molar-refractivity contribution in [1.29, 1.82) is 0 Å². The lowest BCUT2D eigenvalue weighted by atomic mass is 10.2. The highest BCUT2D eigenvalue weighted by molar-refractivity contribution is 7.89. The number of sulfonamides is 1. The molecule has 0 bridgehead atoms. The Morgan fingerprint density at radius 3 is 2.25 bits per heavy atom. The van der Waals surface area contributed by atoms with Gasteiger partial charge in [0, 0.05) is 25.8 Å². The van der Waals surface area contributed by atoms with Crippen molar-refractivity contribution in [3.8, 4) is 0 Å². The fourth-order valence-corrected chi connectivity index (χ4v) is 3.77. The maximum Gasteiger partial charge on any atom is 0.352 e. The summed E-state index contributed by atoms with van der Waals surface area (Å²) in [6.45, 7) is 6.04. The standard InChI is InChI=1S/C13H22N2O4S/c1-5-10(6-2)14(4)20(18,19)11-8-12(13(16)17)15(7-3)9-11/h8-10H,5-7H2,1-4H3,(H,16,17). The number of aromatic carboxylic acids is 1. The fourth-order valence-electron chi connectivity index (χ4n) is 2.23. The van der Waals surface area contributed by atoms with Gasteiger partial charge in [0.1, 0.15) is 10.6 Å². The molecule has 0 saturated carbocycles. The number of carbonyl (C=O) groups is 1. The van der Waals surface area contributed by atoms with Crippen molar-refractivity contribution in [3.63, 3.8) is 0 Å². The molecule has 1 rings (SSSR count). The number of hydrogen-bond acceptors (Lipinski definition) is 3. The summed E-state index contributed by atoms with van der Waals surface area (Å²) >= 11 is 0. The van der Waals surface area contributed by atoms with E-state index in [9.17, 15) is 13.2 Å². The second-order valence-electron chi connectivity index (χ2n) is 4.64. The monoisotopic (exact) mass is 302 g/mol. The van der Waals surface area contributed by atoms with Gasteiger partial charge in [-0.25, -0.2) is 13.2 Å². The Balaban J connectivity index is 3.25. The van der Waals surface area contributed by atoms with Gasteiger partial charge in [-0.2, -0.15) is 4.31 Å². The molecule has 1 aromatic rings. The van der Waals surface area contributed by atoms with Gasteiger partial charge in [-0.1, -0.05) is 13.8 Å². The predicted molar refractivity (Wildman–Crippen MR) is 76.4 cm³/mol. The van der Waals surface area contributed by atoms with E-state index in [0.29, 0.717) is 19.4 Å². The van der Waals surface area contributed by atoms with Crippen LogP contribution in [-0.4, -0.2) is 41.5 Å². The third kappa shape index (κ3) is 3.04. The van der Waals surface area contributed by atoms with Gasteiger partial charge in [-0.05, 0) is 25.8 Å². The quantitative estimate of drug-likeness (QED) is 0.835. The van der Waals surface area contributed by atoms with Crippen molar-refractivity contribution in [2.24, 2.45) is 0 Å². The van der Waals surface area contributed by atoms with Crippen LogP contribution in [0.3, 0.4) is 0 Å². The smallest absolute Gasteiger partial charge is 0.352 e. The minimum atomic E-state index is -3.66. The van der Waals surface area contributed by atoms with Gasteiger partial charge in [0.2, 0.25) is 10.0 Å². The maximum absolute atomic E-state index is 12.5. The second-order valence-corrected chi connectivity index (χ2v) is 6.64. The van der Waals surface area contributed by atoms with E-state index in [1.807, 2.05) is 13.8 Å². The molecule has 0 fully saturated rings. The topological polar surface area (TPSA) is 79.6 Å². The Labute approximate surface area is 120 Å². The number of aromatic nitrogens is 1. The molecular weight excluding hydrogens is 280 g/mol. The summed E-state index contributed by atoms with van der Waals surface area (Å²) in [6, 6.07) is 1.14. The predicted octanol–water partition coefficient (Wildman–Crippen LogP) is 2.02. The van der Waals surface area contributed by atoms with Crippen LogP contribution in [0, 0.1) is 0 Å². The van der Waals surface area contributed by atoms with E-state index < -0.39 is 16.0 Å². The van der Waals surface area contributed by atoms with Crippen molar-refractivity contribution >= 4 is 16.0 Å². The van der Waals surface area contributed by atoms with E-state index in [1.165, 1.54) is 28.2 Å². The number of carboxylic acid groups (broad SMARTS) is 1. The second kappa shape index (κ2) is 6.41. The van der Waals surface area contributed by atoms with Crippen LogP contribution in [0.1, 0.15) is 44.1 Å². The van der Waals surface area contributed by atoms with Gasteiger partial charge in [-0.3, -0.25) is 0 Å². The normalized spacial score (nSPS) is 12.3. The molecule has 0 spiro atoms. The molecule has 0 atom stereocenters. The summed E-state index contributed by atoms with van der Waals surface area (Å²) in [4.78, 5) is 11.1. The van der Waals surface area contributed by atoms with Gasteiger partial charge in [-0.15, -0.1) is 0 Å². The van der Waals surface area contributed by atoms with Gasteiger partial charge < -0.3 is 9.67 Å². The summed E-state index contributed by atoms with van der Waals surface area (Å²) in [7, 11) is -2.12. The highest BCUT2D eigenvalue weighted by Gasteiger charge is 2.28. The summed E-state index contributed by atoms with van der Waals surface area (Å²) in [5, 5.41) is 9.09. The molecule has 0 aliphatic heterocycles. The first kappa shape index (κ1) is 16.7. The van der Waals surface area contributed by atoms with Crippen LogP contribution in [0.5, 0.6) is 0 Å². The molecule has 114 valence electrons. The van der Waals surface area contributed by atoms with Crippen LogP contribution >= 0.6 is 0 Å². The largest absolute Gasteiger partial charge is 0.477 e. The van der Waals surface area contributed by atoms with Crippen LogP contribution < -0.4 is 0 Å². The van der Waals surface area contributed by atoms with Crippen molar-refractivity contribution in [2.75, 3.05) is 7.05 Å². The maximum atomic E-state index is 12.5. The van der Waals surface area contributed by atoms with Crippen LogP contribution in [0.15, 0.2) is 17.2 Å². The molecule has 0 amide bonds. The molecule has 7 heteroatoms. The van der Waals surface area contributed by atoms with Gasteiger partial charge >= 0.3 is 5.97 Å². The Kier molecular flexibility index (Phi) is 5.35. The molecular formula is C13H22N2O4S. The molecule has 0 aliphatic carbocycles. The number of rotatable bonds is 7. The Morgan fingerprint density at radius 1 is 1.35 bits per heavy atom. The lowest BCUT2D eigenvalue weighted by Gasteiger charge is -2.24. The van der Waals surface area contributed by atoms with E-state index >= 15 is 0 Å². The minimum Gasteiger partial charge on any atom is -0.477 e. The molecule has 0 unspecified atom stereocenters. The summed E-state index contributed by atoms with van der Waals surface area (Å²) in [5.74, 6) is -1.13. The zero-order valence-corrected chi connectivity index (χ0v) is 13.1. The summed E-state index contributed by atoms with van der Waals surface area (Å²) < 4.78 is 27.8. The number of carboxylic acids is 1. The van der Waals surface area contributed by atoms with Crippen molar-refractivity contribution in [3.05, 3.63) is 18.0 Å². The molecule has 0 saturated heterocycles. The molecule has 0 aliphatic rings. The van der Waals surface area contributed by atoms with Crippen LogP contribution in [0.25, 0.3) is 0 Å². The Morgan fingerprint density at radius 2 is 1.90 bits per heavy atom. The SMILES string of the molecule is CCC(CC)N(C)S(=O)(=O)c1cc(C(=O)O)n(CC)c1. The molecule has 0 aromatic carbocycles. The summed E-state index contributed by atoms with van der Waals surface area (Å²) in [5.41, 5.74) is -0.0102. The molecule has 0 radical (unpaired) electrons. The van der Waals surface area contributed by atoms with Crippen LogP contribution in [0.2, 0.25) is 0 Å². The molecule has 1 N–H and O–H groups in total. The van der Waals surface area contributed by atoms with Gasteiger partial charge in [0.25, 0.3) is 0 Å². The van der Waals surface area contributed by atoms with Crippen molar-refractivity contribution in [2.45, 2.75) is 51.1 Å². The number of nitrogens with zero attached hydrogens (tertiary/aromatic N) is 2. The lowest BCUT2D eigenvalue weighted by molar-refractivity contribution is 0.0685. The highest BCUT2D eigenvalue weighted by atomic mass is 32.2. The van der Waals surface area contributed by atoms with E-state index in [2.05, 4.69) is 0 Å². The highest BCUT2D eigenvalue weighted by Crippen LogP contribution is 2.22. The lowest BCUT2D eigenvalue weighted by Crippen LogP contribution is -2.36. The van der Waals surface area contributed by atoms with Crippen LogP contribution in [0.4, 0.5) is 0 Å². The zero-order chi connectivity index (χ0) is 15.5. The van der Waals surface area contributed by atoms with Gasteiger partial charge in [0.05, 0.1) is 0 Å². The average molecular weight is 302 g/mol. The zero-order valence-electron chi connectivity index (χ0n) is 12.3. The molecule has 1 aromatic heterocycles. The first-order chi connectivity index (χ1) is 9.29. The minimum absolute atomic E-state index is 0.0102. The molecule has 1 heterocycles. The van der Waals surface area contributed by atoms with E-state index in [4.69, 9.17) is 5.11 Å².